The second-order valence-electron chi connectivity index (χ2n) is 7.24. The van der Waals surface area contributed by atoms with Crippen LogP contribution in [-0.2, 0) is 19.7 Å². The Morgan fingerprint density at radius 1 is 0.769 bits per heavy atom. The lowest BCUT2D eigenvalue weighted by atomic mass is 10.1. The van der Waals surface area contributed by atoms with E-state index in [-0.39, 0.29) is 30.3 Å². The first kappa shape index (κ1) is 23.1. The highest BCUT2D eigenvalue weighted by Gasteiger charge is 2.43. The van der Waals surface area contributed by atoms with Gasteiger partial charge < -0.3 is 13.3 Å². The fourth-order valence-electron chi connectivity index (χ4n) is 2.79. The fraction of sp³-hybridized carbons (Fsp3) is 0.684. The van der Waals surface area contributed by atoms with Gasteiger partial charge in [-0.05, 0) is 60.8 Å². The summed E-state index contributed by atoms with van der Waals surface area (Å²) >= 11 is 0. The predicted molar refractivity (Wildman–Crippen MR) is 98.5 cm³/mol. The molecule has 0 heterocycles. The van der Waals surface area contributed by atoms with Gasteiger partial charge >= 0.3 is 8.80 Å². The van der Waals surface area contributed by atoms with Crippen molar-refractivity contribution in [2.24, 2.45) is 0 Å². The topological polar surface area (TPSA) is 27.7 Å². The van der Waals surface area contributed by atoms with Crippen molar-refractivity contribution in [1.82, 2.24) is 0 Å². The van der Waals surface area contributed by atoms with E-state index in [2.05, 4.69) is 0 Å². The number of hydrogen-bond donors (Lipinski definition) is 0. The minimum absolute atomic E-state index is 0.0499. The van der Waals surface area contributed by atoms with Gasteiger partial charge in [0, 0.05) is 42.1 Å². The van der Waals surface area contributed by atoms with Crippen LogP contribution in [0.25, 0.3) is 0 Å². The maximum atomic E-state index is 13.7. The van der Waals surface area contributed by atoms with Gasteiger partial charge in [-0.25, -0.2) is 13.2 Å². The molecule has 0 radical (unpaired) electrons. The summed E-state index contributed by atoms with van der Waals surface area (Å²) in [5.41, 5.74) is -0.0852. The molecule has 0 bridgehead atoms. The largest absolute Gasteiger partial charge is 0.501 e. The molecular weight excluding hydrogens is 361 g/mol. The van der Waals surface area contributed by atoms with Crippen molar-refractivity contribution < 1.29 is 26.4 Å². The summed E-state index contributed by atoms with van der Waals surface area (Å²) in [6.07, 6.45) is 1.20. The van der Waals surface area contributed by atoms with E-state index < -0.39 is 26.3 Å². The molecular formula is C19H31F3O3Si. The van der Waals surface area contributed by atoms with E-state index in [1.54, 1.807) is 0 Å². The Labute approximate surface area is 156 Å². The van der Waals surface area contributed by atoms with Gasteiger partial charge in [-0.3, -0.25) is 0 Å². The maximum absolute atomic E-state index is 13.7. The zero-order chi connectivity index (χ0) is 19.9. The van der Waals surface area contributed by atoms with E-state index in [1.807, 2.05) is 41.5 Å². The van der Waals surface area contributed by atoms with Crippen LogP contribution in [0.2, 0.25) is 6.04 Å². The standard InChI is InChI=1S/C19H31F3O3Si/c1-13(2)23-26(24-14(3)4,25-15(5)6)10-8-7-9-17-18(21)11-16(20)12-19(17)22/h11-15H,7-10H2,1-6H3. The van der Waals surface area contributed by atoms with E-state index in [0.29, 0.717) is 31.0 Å². The smallest absolute Gasteiger partial charge is 0.371 e. The molecule has 0 saturated heterocycles. The quantitative estimate of drug-likeness (QED) is 0.360. The summed E-state index contributed by atoms with van der Waals surface area (Å²) in [5, 5.41) is 0. The Hall–Kier alpha value is -0.893. The van der Waals surface area contributed by atoms with Crippen LogP contribution in [0.5, 0.6) is 0 Å². The van der Waals surface area contributed by atoms with Crippen molar-refractivity contribution in [2.75, 3.05) is 0 Å². The number of hydrogen-bond acceptors (Lipinski definition) is 3. The molecule has 0 N–H and O–H groups in total. The molecule has 0 aliphatic carbocycles. The van der Waals surface area contributed by atoms with E-state index in [4.69, 9.17) is 13.3 Å². The van der Waals surface area contributed by atoms with Crippen molar-refractivity contribution in [2.45, 2.75) is 85.2 Å². The number of unbranched alkanes of at least 4 members (excludes halogenated alkanes) is 1. The molecule has 0 unspecified atom stereocenters. The summed E-state index contributed by atoms with van der Waals surface area (Å²) < 4.78 is 58.7. The molecule has 0 saturated carbocycles. The first-order valence-electron chi connectivity index (χ1n) is 9.21. The predicted octanol–water partition coefficient (Wildman–Crippen LogP) is 5.64. The van der Waals surface area contributed by atoms with Crippen LogP contribution >= 0.6 is 0 Å². The summed E-state index contributed by atoms with van der Waals surface area (Å²) in [6, 6.07) is 1.98. The maximum Gasteiger partial charge on any atom is 0.501 e. The minimum atomic E-state index is -2.91. The minimum Gasteiger partial charge on any atom is -0.371 e. The number of halogens is 3. The van der Waals surface area contributed by atoms with Crippen LogP contribution in [0.3, 0.4) is 0 Å². The fourth-order valence-corrected chi connectivity index (χ4v) is 6.15. The van der Waals surface area contributed by atoms with Gasteiger partial charge in [-0.2, -0.15) is 0 Å². The molecule has 0 aliphatic heterocycles. The van der Waals surface area contributed by atoms with Crippen molar-refractivity contribution >= 4 is 8.80 Å². The molecule has 0 fully saturated rings. The highest BCUT2D eigenvalue weighted by atomic mass is 28.4. The molecule has 1 rings (SSSR count). The highest BCUT2D eigenvalue weighted by molar-refractivity contribution is 6.60. The lowest BCUT2D eigenvalue weighted by molar-refractivity contribution is 0.00281. The third kappa shape index (κ3) is 7.78. The zero-order valence-electron chi connectivity index (χ0n) is 16.6. The van der Waals surface area contributed by atoms with Crippen LogP contribution in [0.15, 0.2) is 12.1 Å². The molecule has 150 valence electrons. The molecule has 0 spiro atoms. The monoisotopic (exact) mass is 392 g/mol. The summed E-state index contributed by atoms with van der Waals surface area (Å²) in [5.74, 6) is -2.60. The first-order valence-corrected chi connectivity index (χ1v) is 11.1. The lowest BCUT2D eigenvalue weighted by Gasteiger charge is -2.34. The highest BCUT2D eigenvalue weighted by Crippen LogP contribution is 2.26. The van der Waals surface area contributed by atoms with Crippen LogP contribution in [-0.4, -0.2) is 27.1 Å². The second-order valence-corrected chi connectivity index (χ2v) is 9.81. The molecule has 0 amide bonds. The average Bonchev–Trinajstić information content (AvgIpc) is 2.42. The molecule has 0 atom stereocenters. The zero-order valence-corrected chi connectivity index (χ0v) is 17.6. The number of benzene rings is 1. The molecule has 3 nitrogen and oxygen atoms in total. The average molecular weight is 393 g/mol. The summed E-state index contributed by atoms with van der Waals surface area (Å²) in [6.45, 7) is 11.6. The summed E-state index contributed by atoms with van der Waals surface area (Å²) in [4.78, 5) is 0. The van der Waals surface area contributed by atoms with Crippen molar-refractivity contribution in [1.29, 1.82) is 0 Å². The third-order valence-corrected chi connectivity index (χ3v) is 6.97. The Morgan fingerprint density at radius 2 is 1.19 bits per heavy atom. The second kappa shape index (κ2) is 10.4. The van der Waals surface area contributed by atoms with Crippen LogP contribution in [0.4, 0.5) is 13.2 Å². The Balaban J connectivity index is 2.76. The Bertz CT molecular complexity index is 515. The van der Waals surface area contributed by atoms with Gasteiger partial charge in [0.15, 0.2) is 0 Å². The van der Waals surface area contributed by atoms with Crippen LogP contribution in [0, 0.1) is 17.5 Å². The Morgan fingerprint density at radius 3 is 1.58 bits per heavy atom. The van der Waals surface area contributed by atoms with Crippen LogP contribution in [0.1, 0.15) is 59.9 Å². The van der Waals surface area contributed by atoms with E-state index in [9.17, 15) is 13.2 Å². The molecule has 0 aliphatic rings. The van der Waals surface area contributed by atoms with Gasteiger partial charge in [0.2, 0.25) is 0 Å². The molecule has 7 heteroatoms. The van der Waals surface area contributed by atoms with Gasteiger partial charge in [0.1, 0.15) is 17.5 Å². The first-order chi connectivity index (χ1) is 12.0. The van der Waals surface area contributed by atoms with E-state index in [0.717, 1.165) is 0 Å². The Kier molecular flexibility index (Phi) is 9.30. The van der Waals surface area contributed by atoms with Crippen LogP contribution < -0.4 is 0 Å². The SMILES string of the molecule is CC(C)O[Si](CCCCc1c(F)cc(F)cc1F)(OC(C)C)OC(C)C. The van der Waals surface area contributed by atoms with Crippen molar-refractivity contribution in [3.05, 3.63) is 35.1 Å². The van der Waals surface area contributed by atoms with Gasteiger partial charge in [-0.1, -0.05) is 0 Å². The molecule has 1 aromatic carbocycles. The van der Waals surface area contributed by atoms with Gasteiger partial charge in [0.25, 0.3) is 0 Å². The van der Waals surface area contributed by atoms with Crippen molar-refractivity contribution in [3.8, 4) is 0 Å². The summed E-state index contributed by atoms with van der Waals surface area (Å²) in [7, 11) is -2.91. The molecule has 1 aromatic rings. The lowest BCUT2D eigenvalue weighted by Crippen LogP contribution is -2.50. The normalized spacial score (nSPS) is 12.6. The van der Waals surface area contributed by atoms with Gasteiger partial charge in [0.05, 0.1) is 0 Å². The van der Waals surface area contributed by atoms with E-state index in [1.165, 1.54) is 0 Å². The van der Waals surface area contributed by atoms with Crippen molar-refractivity contribution in [3.63, 3.8) is 0 Å². The van der Waals surface area contributed by atoms with Gasteiger partial charge in [-0.15, -0.1) is 0 Å². The number of rotatable bonds is 11. The third-order valence-electron chi connectivity index (χ3n) is 3.51. The van der Waals surface area contributed by atoms with E-state index >= 15 is 0 Å². The molecule has 26 heavy (non-hydrogen) atoms. The molecule has 0 aromatic heterocycles.